The van der Waals surface area contributed by atoms with E-state index in [1.807, 2.05) is 0 Å². The number of rotatable bonds is 3. The number of aromatic nitrogens is 2. The molecule has 0 saturated heterocycles. The molecule has 1 aromatic heterocycles. The highest BCUT2D eigenvalue weighted by Crippen LogP contribution is 2.42. The van der Waals surface area contributed by atoms with Crippen molar-refractivity contribution in [1.82, 2.24) is 4.57 Å². The molecule has 1 atom stereocenters. The van der Waals surface area contributed by atoms with Crippen LogP contribution < -0.4 is 4.57 Å². The summed E-state index contributed by atoms with van der Waals surface area (Å²) in [5.74, 6) is 2.62. The summed E-state index contributed by atoms with van der Waals surface area (Å²) in [6.45, 7) is 13.9. The zero-order chi connectivity index (χ0) is 22.0. The second kappa shape index (κ2) is 7.09. The Hall–Kier alpha value is -2.87. The van der Waals surface area contributed by atoms with Crippen molar-refractivity contribution in [3.8, 4) is 17.1 Å². The van der Waals surface area contributed by atoms with Crippen LogP contribution >= 0.6 is 0 Å². The maximum atomic E-state index is 2.57. The fraction of sp³-hybridized carbons (Fsp3) is 0.345. The van der Waals surface area contributed by atoms with Crippen LogP contribution in [0, 0.1) is 6.92 Å². The van der Waals surface area contributed by atoms with Gasteiger partial charge in [-0.15, -0.1) is 0 Å². The molecule has 5 rings (SSSR count). The van der Waals surface area contributed by atoms with Crippen LogP contribution in [-0.4, -0.2) is 4.57 Å². The molecule has 0 bridgehead atoms. The molecule has 2 heterocycles. The molecular formula is C29H33N2+. The van der Waals surface area contributed by atoms with E-state index in [0.29, 0.717) is 17.8 Å². The summed E-state index contributed by atoms with van der Waals surface area (Å²) in [7, 11) is 2.22. The Morgan fingerprint density at radius 2 is 1.61 bits per heavy atom. The molecule has 0 N–H and O–H groups in total. The molecule has 1 aliphatic rings. The van der Waals surface area contributed by atoms with E-state index < -0.39 is 0 Å². The normalized spacial score (nSPS) is 15.2. The van der Waals surface area contributed by atoms with Gasteiger partial charge in [0.15, 0.2) is 11.0 Å². The van der Waals surface area contributed by atoms with Crippen LogP contribution in [0.2, 0.25) is 0 Å². The van der Waals surface area contributed by atoms with Gasteiger partial charge in [0.05, 0.1) is 12.6 Å². The highest BCUT2D eigenvalue weighted by Gasteiger charge is 2.38. The van der Waals surface area contributed by atoms with E-state index in [1.165, 1.54) is 55.9 Å². The van der Waals surface area contributed by atoms with Crippen molar-refractivity contribution in [2.45, 2.75) is 59.3 Å². The fourth-order valence-corrected chi connectivity index (χ4v) is 5.36. The number of fused-ring (bicyclic) bond motifs is 2. The van der Waals surface area contributed by atoms with Crippen LogP contribution in [0.25, 0.3) is 28.1 Å². The number of benzene rings is 3. The maximum absolute atomic E-state index is 2.57. The first-order chi connectivity index (χ1) is 14.8. The van der Waals surface area contributed by atoms with Crippen molar-refractivity contribution in [3.63, 3.8) is 0 Å². The molecule has 2 nitrogen and oxygen atoms in total. The SMILES string of the molecule is Cc1ccccc1-c1n(C)c2cccc3c2[n+]1-c1c(C(C)C)cc(C(C)C)cc1C3C. The molecular weight excluding hydrogens is 376 g/mol. The average Bonchev–Trinajstić information content (AvgIpc) is 3.04. The van der Waals surface area contributed by atoms with Crippen molar-refractivity contribution in [1.29, 1.82) is 0 Å². The van der Waals surface area contributed by atoms with E-state index in [1.54, 1.807) is 0 Å². The Kier molecular flexibility index (Phi) is 4.58. The van der Waals surface area contributed by atoms with Crippen LogP contribution in [0.5, 0.6) is 0 Å². The van der Waals surface area contributed by atoms with Gasteiger partial charge in [0.1, 0.15) is 5.69 Å². The van der Waals surface area contributed by atoms with Gasteiger partial charge in [-0.1, -0.05) is 77.1 Å². The fourth-order valence-electron chi connectivity index (χ4n) is 5.36. The first kappa shape index (κ1) is 20.1. The predicted octanol–water partition coefficient (Wildman–Crippen LogP) is 7.14. The second-order valence-corrected chi connectivity index (χ2v) is 9.83. The molecule has 0 saturated carbocycles. The lowest BCUT2D eigenvalue weighted by Crippen LogP contribution is -2.39. The largest absolute Gasteiger partial charge is 0.295 e. The minimum atomic E-state index is 0.377. The van der Waals surface area contributed by atoms with Crippen LogP contribution in [0.3, 0.4) is 0 Å². The summed E-state index contributed by atoms with van der Waals surface area (Å²) in [4.78, 5) is 0. The number of aryl methyl sites for hydroxylation is 2. The zero-order valence-electron chi connectivity index (χ0n) is 19.8. The highest BCUT2D eigenvalue weighted by atomic mass is 15.2. The molecule has 2 heteroatoms. The van der Waals surface area contributed by atoms with Crippen LogP contribution in [0.4, 0.5) is 0 Å². The van der Waals surface area contributed by atoms with Crippen LogP contribution in [0.1, 0.15) is 80.2 Å². The Balaban J connectivity index is 2.00. The highest BCUT2D eigenvalue weighted by molar-refractivity contribution is 5.83. The van der Waals surface area contributed by atoms with Gasteiger partial charge in [0.2, 0.25) is 0 Å². The Bertz CT molecular complexity index is 1320. The summed E-state index contributed by atoms with van der Waals surface area (Å²) >= 11 is 0. The molecule has 0 spiro atoms. The number of hydrogen-bond acceptors (Lipinski definition) is 0. The van der Waals surface area contributed by atoms with E-state index in [0.717, 1.165) is 0 Å². The molecule has 0 aliphatic carbocycles. The Morgan fingerprint density at radius 3 is 2.29 bits per heavy atom. The van der Waals surface area contributed by atoms with Gasteiger partial charge >= 0.3 is 0 Å². The lowest BCUT2D eigenvalue weighted by molar-refractivity contribution is -0.558. The first-order valence-electron chi connectivity index (χ1n) is 11.6. The summed E-state index contributed by atoms with van der Waals surface area (Å²) < 4.78 is 4.96. The third kappa shape index (κ3) is 2.81. The molecule has 0 fully saturated rings. The zero-order valence-corrected chi connectivity index (χ0v) is 19.8. The number of imidazole rings is 1. The molecule has 1 unspecified atom stereocenters. The van der Waals surface area contributed by atoms with Gasteiger partial charge in [-0.05, 0) is 42.0 Å². The summed E-state index contributed by atoms with van der Waals surface area (Å²) in [5.41, 5.74) is 12.5. The topological polar surface area (TPSA) is 8.81 Å². The van der Waals surface area contributed by atoms with Gasteiger partial charge in [0, 0.05) is 22.6 Å². The molecule has 31 heavy (non-hydrogen) atoms. The smallest absolute Gasteiger partial charge is 0.225 e. The number of hydrogen-bond donors (Lipinski definition) is 0. The summed E-state index contributed by atoms with van der Waals surface area (Å²) in [5, 5.41) is 0. The van der Waals surface area contributed by atoms with Crippen molar-refractivity contribution >= 4 is 11.0 Å². The minimum absolute atomic E-state index is 0.377. The molecule has 3 aromatic carbocycles. The third-order valence-electron chi connectivity index (χ3n) is 7.18. The summed E-state index contributed by atoms with van der Waals surface area (Å²) in [6, 6.07) is 20.5. The van der Waals surface area contributed by atoms with E-state index in [2.05, 4.69) is 112 Å². The Morgan fingerprint density at radius 1 is 0.871 bits per heavy atom. The Labute approximate surface area is 186 Å². The molecule has 0 amide bonds. The van der Waals surface area contributed by atoms with E-state index >= 15 is 0 Å². The van der Waals surface area contributed by atoms with Crippen LogP contribution in [-0.2, 0) is 7.05 Å². The summed E-state index contributed by atoms with van der Waals surface area (Å²) in [6.07, 6.45) is 0. The predicted molar refractivity (Wildman–Crippen MR) is 130 cm³/mol. The van der Waals surface area contributed by atoms with E-state index in [-0.39, 0.29) is 0 Å². The maximum Gasteiger partial charge on any atom is 0.295 e. The average molecular weight is 410 g/mol. The number of para-hydroxylation sites is 1. The third-order valence-corrected chi connectivity index (χ3v) is 7.18. The number of nitrogens with zero attached hydrogens (tertiary/aromatic N) is 2. The van der Waals surface area contributed by atoms with Gasteiger partial charge in [-0.3, -0.25) is 0 Å². The first-order valence-corrected chi connectivity index (χ1v) is 11.6. The van der Waals surface area contributed by atoms with Crippen molar-refractivity contribution in [2.75, 3.05) is 0 Å². The lowest BCUT2D eigenvalue weighted by Gasteiger charge is -2.26. The van der Waals surface area contributed by atoms with Gasteiger partial charge in [0.25, 0.3) is 5.82 Å². The van der Waals surface area contributed by atoms with Gasteiger partial charge in [-0.2, -0.15) is 4.57 Å². The van der Waals surface area contributed by atoms with Crippen molar-refractivity contribution in [2.24, 2.45) is 7.05 Å². The minimum Gasteiger partial charge on any atom is -0.225 e. The van der Waals surface area contributed by atoms with Gasteiger partial charge in [-0.25, -0.2) is 4.57 Å². The molecule has 158 valence electrons. The van der Waals surface area contributed by atoms with E-state index in [4.69, 9.17) is 0 Å². The standard InChI is InChI=1S/C29H33N2/c1-17(2)21-15-24(18(3)4)27-25(16-21)20(6)23-13-10-14-26-28(23)31(27)29(30(26)7)22-12-9-8-11-19(22)5/h8-18,20H,1-7H3/q+1. The van der Waals surface area contributed by atoms with Gasteiger partial charge < -0.3 is 0 Å². The molecule has 4 aromatic rings. The quantitative estimate of drug-likeness (QED) is 0.318. The lowest BCUT2D eigenvalue weighted by atomic mass is 9.82. The van der Waals surface area contributed by atoms with Crippen molar-refractivity contribution in [3.05, 3.63) is 82.4 Å². The monoisotopic (exact) mass is 409 g/mol. The second-order valence-electron chi connectivity index (χ2n) is 9.83. The van der Waals surface area contributed by atoms with Crippen LogP contribution in [0.15, 0.2) is 54.6 Å². The molecule has 1 aliphatic heterocycles. The molecule has 0 radical (unpaired) electrons. The van der Waals surface area contributed by atoms with E-state index in [9.17, 15) is 0 Å². The van der Waals surface area contributed by atoms with Crippen molar-refractivity contribution < 1.29 is 4.57 Å².